The molecule has 0 unspecified atom stereocenters. The number of rotatable bonds is 5. The van der Waals surface area contributed by atoms with Crippen LogP contribution >= 0.6 is 34.8 Å². The highest BCUT2D eigenvalue weighted by Gasteiger charge is 2.38. The van der Waals surface area contributed by atoms with E-state index in [4.69, 9.17) is 44.7 Å². The molecule has 0 heterocycles. The first-order valence-electron chi connectivity index (χ1n) is 6.49. The van der Waals surface area contributed by atoms with E-state index in [1.54, 1.807) is 0 Å². The third-order valence-corrected chi connectivity index (χ3v) is 5.45. The van der Waals surface area contributed by atoms with Crippen LogP contribution in [0, 0.1) is 5.41 Å². The molecule has 0 radical (unpaired) electrons. The van der Waals surface area contributed by atoms with E-state index in [0.29, 0.717) is 20.8 Å². The van der Waals surface area contributed by atoms with Crippen molar-refractivity contribution in [3.8, 4) is 5.75 Å². The van der Waals surface area contributed by atoms with E-state index in [-0.39, 0.29) is 12.4 Å². The largest absolute Gasteiger partial charge is 0.490 e. The van der Waals surface area contributed by atoms with E-state index >= 15 is 0 Å². The van der Waals surface area contributed by atoms with E-state index in [1.807, 2.05) is 0 Å². The van der Waals surface area contributed by atoms with E-state index in [1.165, 1.54) is 12.1 Å². The van der Waals surface area contributed by atoms with Crippen LogP contribution in [0.15, 0.2) is 12.1 Å². The normalized spacial score (nSPS) is 17.9. The number of halogens is 3. The Kier molecular flexibility index (Phi) is 5.31. The molecular formula is C13H16Cl3NO3S. The van der Waals surface area contributed by atoms with Crippen LogP contribution in [-0.2, 0) is 10.0 Å². The average molecular weight is 373 g/mol. The molecule has 1 aromatic rings. The first-order valence-corrected chi connectivity index (χ1v) is 9.34. The van der Waals surface area contributed by atoms with Gasteiger partial charge in [0, 0.05) is 10.4 Å². The van der Waals surface area contributed by atoms with Crippen molar-refractivity contribution < 1.29 is 13.2 Å². The van der Waals surface area contributed by atoms with Gasteiger partial charge in [0.05, 0.1) is 22.4 Å². The first-order chi connectivity index (χ1) is 9.71. The fourth-order valence-corrected chi connectivity index (χ4v) is 4.93. The van der Waals surface area contributed by atoms with Gasteiger partial charge in [-0.15, -0.1) is 0 Å². The summed E-state index contributed by atoms with van der Waals surface area (Å²) >= 11 is 18.0. The lowest BCUT2D eigenvalue weighted by molar-refractivity contribution is 0.171. The first kappa shape index (κ1) is 17.2. The molecule has 0 atom stereocenters. The van der Waals surface area contributed by atoms with Crippen LogP contribution < -0.4 is 9.88 Å². The second-order valence-corrected chi connectivity index (χ2v) is 8.37. The van der Waals surface area contributed by atoms with Crippen LogP contribution in [-0.4, -0.2) is 20.8 Å². The third-order valence-electron chi connectivity index (χ3n) is 3.66. The quantitative estimate of drug-likeness (QED) is 0.853. The zero-order chi connectivity index (χ0) is 15.7. The summed E-state index contributed by atoms with van der Waals surface area (Å²) in [6.07, 6.45) is 3.43. The maximum Gasteiger partial charge on any atom is 0.209 e. The Labute approximate surface area is 139 Å². The predicted octanol–water partition coefficient (Wildman–Crippen LogP) is 3.87. The molecule has 118 valence electrons. The van der Waals surface area contributed by atoms with Crippen molar-refractivity contribution in [1.82, 2.24) is 0 Å². The summed E-state index contributed by atoms with van der Waals surface area (Å²) in [6, 6.07) is 3.07. The van der Waals surface area contributed by atoms with Crippen molar-refractivity contribution in [3.63, 3.8) is 0 Å². The monoisotopic (exact) mass is 371 g/mol. The topological polar surface area (TPSA) is 69.4 Å². The van der Waals surface area contributed by atoms with Crippen LogP contribution in [0.3, 0.4) is 0 Å². The summed E-state index contributed by atoms with van der Waals surface area (Å²) < 4.78 is 28.6. The predicted molar refractivity (Wildman–Crippen MR) is 85.8 cm³/mol. The third kappa shape index (κ3) is 4.63. The van der Waals surface area contributed by atoms with Crippen LogP contribution in [0.1, 0.15) is 25.7 Å². The van der Waals surface area contributed by atoms with Gasteiger partial charge in [0.2, 0.25) is 10.0 Å². The van der Waals surface area contributed by atoms with Crippen molar-refractivity contribution in [3.05, 3.63) is 27.2 Å². The van der Waals surface area contributed by atoms with Crippen molar-refractivity contribution in [1.29, 1.82) is 0 Å². The van der Waals surface area contributed by atoms with Crippen molar-refractivity contribution in [2.24, 2.45) is 10.6 Å². The van der Waals surface area contributed by atoms with Crippen LogP contribution in [0.2, 0.25) is 15.1 Å². The van der Waals surface area contributed by atoms with Gasteiger partial charge >= 0.3 is 0 Å². The molecule has 1 aliphatic carbocycles. The number of nitrogens with two attached hydrogens (primary N) is 1. The van der Waals surface area contributed by atoms with Crippen molar-refractivity contribution in [2.45, 2.75) is 25.7 Å². The molecule has 1 fully saturated rings. The fourth-order valence-electron chi connectivity index (χ4n) is 2.77. The minimum Gasteiger partial charge on any atom is -0.490 e. The van der Waals surface area contributed by atoms with Crippen molar-refractivity contribution >= 4 is 44.8 Å². The van der Waals surface area contributed by atoms with Gasteiger partial charge in [0.25, 0.3) is 0 Å². The number of hydrogen-bond acceptors (Lipinski definition) is 3. The zero-order valence-electron chi connectivity index (χ0n) is 11.2. The number of ether oxygens (including phenoxy) is 1. The second kappa shape index (κ2) is 6.50. The molecule has 21 heavy (non-hydrogen) atoms. The molecular weight excluding hydrogens is 357 g/mol. The lowest BCUT2D eigenvalue weighted by Crippen LogP contribution is -2.36. The molecule has 1 saturated carbocycles. The van der Waals surface area contributed by atoms with E-state index in [0.717, 1.165) is 25.7 Å². The maximum absolute atomic E-state index is 11.4. The van der Waals surface area contributed by atoms with Gasteiger partial charge in [-0.25, -0.2) is 13.6 Å². The van der Waals surface area contributed by atoms with Gasteiger partial charge in [-0.1, -0.05) is 47.6 Å². The lowest BCUT2D eigenvalue weighted by Gasteiger charge is -2.28. The van der Waals surface area contributed by atoms with E-state index in [2.05, 4.69) is 0 Å². The minimum atomic E-state index is -3.56. The number of primary sulfonamides is 1. The maximum atomic E-state index is 11.4. The summed E-state index contributed by atoms with van der Waals surface area (Å²) in [7, 11) is -3.56. The molecule has 2 N–H and O–H groups in total. The Hall–Kier alpha value is -0.200. The SMILES string of the molecule is NS(=O)(=O)CC1(COc2c(Cl)cc(Cl)cc2Cl)CCCC1. The van der Waals surface area contributed by atoms with Gasteiger partial charge < -0.3 is 4.74 Å². The Bertz CT molecular complexity index is 605. The van der Waals surface area contributed by atoms with Crippen molar-refractivity contribution in [2.75, 3.05) is 12.4 Å². The Balaban J connectivity index is 2.17. The highest BCUT2D eigenvalue weighted by Crippen LogP contribution is 2.42. The zero-order valence-corrected chi connectivity index (χ0v) is 14.3. The van der Waals surface area contributed by atoms with Gasteiger partial charge in [0.15, 0.2) is 5.75 Å². The van der Waals surface area contributed by atoms with Gasteiger partial charge in [-0.2, -0.15) is 0 Å². The Morgan fingerprint density at radius 3 is 2.14 bits per heavy atom. The lowest BCUT2D eigenvalue weighted by atomic mass is 9.90. The average Bonchev–Trinajstić information content (AvgIpc) is 2.73. The summed E-state index contributed by atoms with van der Waals surface area (Å²) in [5.41, 5.74) is -0.472. The molecule has 1 aromatic carbocycles. The molecule has 0 aliphatic heterocycles. The standard InChI is InChI=1S/C13H16Cl3NO3S/c14-9-5-10(15)12(11(16)6-9)20-7-13(3-1-2-4-13)8-21(17,18)19/h5-6H,1-4,7-8H2,(H2,17,18,19). The molecule has 0 bridgehead atoms. The molecule has 0 amide bonds. The van der Waals surface area contributed by atoms with E-state index in [9.17, 15) is 8.42 Å². The smallest absolute Gasteiger partial charge is 0.209 e. The highest BCUT2D eigenvalue weighted by atomic mass is 35.5. The highest BCUT2D eigenvalue weighted by molar-refractivity contribution is 7.89. The number of hydrogen-bond donors (Lipinski definition) is 1. The fraction of sp³-hybridized carbons (Fsp3) is 0.538. The molecule has 8 heteroatoms. The van der Waals surface area contributed by atoms with Crippen LogP contribution in [0.25, 0.3) is 0 Å². The van der Waals surface area contributed by atoms with Crippen LogP contribution in [0.4, 0.5) is 0 Å². The van der Waals surface area contributed by atoms with Gasteiger partial charge in [-0.3, -0.25) is 0 Å². The summed E-state index contributed by atoms with van der Waals surface area (Å²) in [5, 5.41) is 6.21. The van der Waals surface area contributed by atoms with Gasteiger partial charge in [0.1, 0.15) is 0 Å². The Morgan fingerprint density at radius 1 is 1.14 bits per heavy atom. The molecule has 2 rings (SSSR count). The molecule has 0 saturated heterocycles. The van der Waals surface area contributed by atoms with Gasteiger partial charge in [-0.05, 0) is 25.0 Å². The molecule has 1 aliphatic rings. The Morgan fingerprint density at radius 2 is 1.67 bits per heavy atom. The number of benzene rings is 1. The summed E-state index contributed by atoms with van der Waals surface area (Å²) in [4.78, 5) is 0. The second-order valence-electron chi connectivity index (χ2n) is 5.50. The summed E-state index contributed by atoms with van der Waals surface area (Å²) in [6.45, 7) is 0.213. The number of sulfonamides is 1. The van der Waals surface area contributed by atoms with Crippen LogP contribution in [0.5, 0.6) is 5.75 Å². The molecule has 0 spiro atoms. The van der Waals surface area contributed by atoms with E-state index < -0.39 is 15.4 Å². The molecule has 4 nitrogen and oxygen atoms in total. The minimum absolute atomic E-state index is 0.0944. The summed E-state index contributed by atoms with van der Waals surface area (Å²) in [5.74, 6) is 0.228. The molecule has 0 aromatic heterocycles.